The number of aryl methyl sites for hydroxylation is 4. The van der Waals surface area contributed by atoms with E-state index in [-0.39, 0.29) is 73.1 Å². The van der Waals surface area contributed by atoms with Gasteiger partial charge in [-0.1, -0.05) is 227 Å². The van der Waals surface area contributed by atoms with Gasteiger partial charge in [-0.3, -0.25) is 19.3 Å². The molecular weight excluding hydrogens is 1580 g/mol. The zero-order valence-electron chi connectivity index (χ0n) is 59.1. The fourth-order valence-corrected chi connectivity index (χ4v) is 11.6. The summed E-state index contributed by atoms with van der Waals surface area (Å²) in [4.78, 5) is 9.32. The van der Waals surface area contributed by atoms with Crippen molar-refractivity contribution in [2.24, 2.45) is 14.1 Å². The van der Waals surface area contributed by atoms with E-state index in [2.05, 4.69) is 313 Å². The molecule has 1 aliphatic heterocycles. The molecule has 1 aliphatic rings. The fourth-order valence-electron chi connectivity index (χ4n) is 11.2. The Bertz CT molecular complexity index is 3980. The van der Waals surface area contributed by atoms with Crippen LogP contribution in [0.2, 0.25) is 0 Å². The topological polar surface area (TPSA) is 79.9 Å². The summed E-state index contributed by atoms with van der Waals surface area (Å²) in [6.07, 6.45) is 3.88. The quantitative estimate of drug-likeness (QED) is 0.0896. The smallest absolute Gasteiger partial charge is 0.399 e. The molecule has 3 heterocycles. The molecule has 94 heavy (non-hydrogen) atoms. The van der Waals surface area contributed by atoms with Gasteiger partial charge in [0.25, 0.3) is 0 Å². The van der Waals surface area contributed by atoms with Crippen molar-refractivity contribution in [2.45, 2.75) is 183 Å². The Kier molecular flexibility index (Phi) is 24.4. The molecular formula is C82H96BBrIr2N6O2-2. The molecule has 2 aromatic heterocycles. The van der Waals surface area contributed by atoms with Crippen LogP contribution in [0, 0.1) is 12.1 Å². The molecule has 0 N–H and O–H groups in total. The van der Waals surface area contributed by atoms with Gasteiger partial charge in [0.1, 0.15) is 11.6 Å². The van der Waals surface area contributed by atoms with Gasteiger partial charge in [-0.2, -0.15) is 10.2 Å². The number of rotatable bonds is 12. The summed E-state index contributed by atoms with van der Waals surface area (Å²) in [5, 5.41) is 9.00. The predicted octanol–water partition coefficient (Wildman–Crippen LogP) is 20.7. The summed E-state index contributed by atoms with van der Waals surface area (Å²) >= 11 is 3.44. The SMILES string of the molecule is CC(C)(C)c1ccc(-c2cc(B3OC(C)(C)C(C)(C)O3)cc(-c3ccc(C(C)(C)C)cc3)c2)cc1.CCCc1nc(-c2[c-]ccc(-c3cc(-c4ccc(C(C)(C)C)cc4)cc(-c4ccc(C(C)(C)C)cc4)c3)c2)n(C)n1.CCCc1nc(-c2[c-]ccc(Br)c2)n(C)n1.[Ir].[Ir]. The van der Waals surface area contributed by atoms with Gasteiger partial charge >= 0.3 is 7.12 Å². The van der Waals surface area contributed by atoms with Crippen LogP contribution in [0.5, 0.6) is 0 Å². The second kappa shape index (κ2) is 30.5. The van der Waals surface area contributed by atoms with Crippen molar-refractivity contribution in [1.82, 2.24) is 29.5 Å². The van der Waals surface area contributed by atoms with Crippen molar-refractivity contribution in [1.29, 1.82) is 0 Å². The normalized spacial score (nSPS) is 13.6. The van der Waals surface area contributed by atoms with E-state index >= 15 is 0 Å². The van der Waals surface area contributed by atoms with Crippen LogP contribution in [0.15, 0.2) is 174 Å². The third-order valence-electron chi connectivity index (χ3n) is 17.7. The largest absolute Gasteiger partial charge is 0.494 e. The molecule has 0 spiro atoms. The molecule has 1 fully saturated rings. The van der Waals surface area contributed by atoms with Crippen molar-refractivity contribution in [3.63, 3.8) is 0 Å². The molecule has 11 rings (SSSR count). The van der Waals surface area contributed by atoms with E-state index < -0.39 is 7.12 Å². The summed E-state index contributed by atoms with van der Waals surface area (Å²) in [6.45, 7) is 39.8. The van der Waals surface area contributed by atoms with Crippen LogP contribution < -0.4 is 5.46 Å². The number of aromatic nitrogens is 6. The van der Waals surface area contributed by atoms with Crippen molar-refractivity contribution < 1.29 is 49.5 Å². The van der Waals surface area contributed by atoms with Gasteiger partial charge in [0.15, 0.2) is 0 Å². The molecule has 496 valence electrons. The zero-order valence-corrected chi connectivity index (χ0v) is 65.5. The van der Waals surface area contributed by atoms with E-state index in [4.69, 9.17) is 14.3 Å². The van der Waals surface area contributed by atoms with Gasteiger partial charge in [0, 0.05) is 67.1 Å². The molecule has 0 atom stereocenters. The Morgan fingerprint density at radius 2 is 0.702 bits per heavy atom. The van der Waals surface area contributed by atoms with Crippen molar-refractivity contribution in [2.75, 3.05) is 0 Å². The third-order valence-corrected chi connectivity index (χ3v) is 18.2. The van der Waals surface area contributed by atoms with Crippen molar-refractivity contribution in [3.8, 4) is 78.4 Å². The molecule has 0 aliphatic carbocycles. The first-order valence-corrected chi connectivity index (χ1v) is 33.6. The van der Waals surface area contributed by atoms with Crippen LogP contribution in [0.3, 0.4) is 0 Å². The van der Waals surface area contributed by atoms with E-state index in [1.807, 2.05) is 47.7 Å². The maximum atomic E-state index is 6.44. The number of benzene rings is 8. The Balaban J connectivity index is 0.000000214. The van der Waals surface area contributed by atoms with Crippen molar-refractivity contribution >= 4 is 28.5 Å². The molecule has 12 heteroatoms. The molecule has 0 unspecified atom stereocenters. The van der Waals surface area contributed by atoms with Gasteiger partial charge < -0.3 is 9.31 Å². The first-order valence-electron chi connectivity index (χ1n) is 32.8. The van der Waals surface area contributed by atoms with Crippen LogP contribution in [0.4, 0.5) is 0 Å². The molecule has 8 nitrogen and oxygen atoms in total. The van der Waals surface area contributed by atoms with Crippen molar-refractivity contribution in [3.05, 3.63) is 220 Å². The number of hydrogen-bond acceptors (Lipinski definition) is 6. The standard InChI is InChI=1S/C38H42N3.C32H41BO2.C12H13BrN3.2Ir/c1-9-11-35-39-36(41(8)40-35)29-13-10-12-28(22-29)32-24-30(26-14-18-33(19-15-26)37(2,3)4)23-31(25-32)27-16-20-34(21-17-27)38(5,6)7;1-29(2,3)26-15-11-22(12-16-26)24-19-25(23-13-17-27(18-14-23)30(4,5)6)21-28(20-24)33-34-31(7,8)32(9,10)35-33;1-3-5-11-14-12(16(2)15-11)9-6-4-7-10(13)8-9;;/h10,12,14-25H,9,11H2,1-8H3;11-21H,1-10H3;4,7-8H,3,5H2,1-2H3;;/q-1;;-1;;. The summed E-state index contributed by atoms with van der Waals surface area (Å²) < 4.78 is 17.6. The molecule has 8 aromatic carbocycles. The Morgan fingerprint density at radius 3 is 1.01 bits per heavy atom. The van der Waals surface area contributed by atoms with E-state index in [1.54, 1.807) is 0 Å². The predicted molar refractivity (Wildman–Crippen MR) is 390 cm³/mol. The van der Waals surface area contributed by atoms with Gasteiger partial charge in [-0.25, -0.2) is 0 Å². The van der Waals surface area contributed by atoms with E-state index in [1.165, 1.54) is 72.3 Å². The summed E-state index contributed by atoms with van der Waals surface area (Å²) in [7, 11) is 3.47. The number of hydrogen-bond donors (Lipinski definition) is 0. The number of nitrogens with zero attached hydrogens (tertiary/aromatic N) is 6. The Labute approximate surface area is 598 Å². The minimum absolute atomic E-state index is 0. The van der Waals surface area contributed by atoms with E-state index in [0.29, 0.717) is 0 Å². The fraction of sp³-hybridized carbons (Fsp3) is 0.366. The van der Waals surface area contributed by atoms with E-state index in [9.17, 15) is 0 Å². The molecule has 2 radical (unpaired) electrons. The summed E-state index contributed by atoms with van der Waals surface area (Å²) in [6, 6.07) is 68.4. The van der Waals surface area contributed by atoms with E-state index in [0.717, 1.165) is 75.6 Å². The minimum atomic E-state index is -0.401. The van der Waals surface area contributed by atoms with Crippen LogP contribution in [-0.2, 0) is 98.1 Å². The molecule has 0 saturated carbocycles. The van der Waals surface area contributed by atoms with Crippen LogP contribution in [-0.4, -0.2) is 47.8 Å². The average Bonchev–Trinajstić information content (AvgIpc) is 1.52. The van der Waals surface area contributed by atoms with Gasteiger partial charge in [-0.05, 0) is 164 Å². The molecule has 0 bridgehead atoms. The van der Waals surface area contributed by atoms with Gasteiger partial charge in [0.05, 0.1) is 22.9 Å². The monoisotopic (exact) mass is 1670 g/mol. The van der Waals surface area contributed by atoms with Crippen LogP contribution in [0.25, 0.3) is 78.4 Å². The summed E-state index contributed by atoms with van der Waals surface area (Å²) in [5.74, 6) is 3.49. The van der Waals surface area contributed by atoms with Crippen LogP contribution in [0.1, 0.15) is 171 Å². The average molecular weight is 1670 g/mol. The third kappa shape index (κ3) is 18.5. The zero-order chi connectivity index (χ0) is 66.7. The maximum Gasteiger partial charge on any atom is 0.494 e. The summed E-state index contributed by atoms with van der Waals surface area (Å²) in [5.41, 5.74) is 19.9. The number of halogens is 1. The first kappa shape index (κ1) is 75.2. The van der Waals surface area contributed by atoms with Gasteiger partial charge in [0.2, 0.25) is 0 Å². The van der Waals surface area contributed by atoms with Gasteiger partial charge in [-0.15, -0.1) is 65.2 Å². The maximum absolute atomic E-state index is 6.44. The second-order valence-corrected chi connectivity index (χ2v) is 30.8. The Morgan fingerprint density at radius 1 is 0.404 bits per heavy atom. The van der Waals surface area contributed by atoms with Crippen LogP contribution >= 0.6 is 15.9 Å². The minimum Gasteiger partial charge on any atom is -0.399 e. The molecule has 1 saturated heterocycles. The molecule has 10 aromatic rings. The Hall–Kier alpha value is -6.20. The molecule has 0 amide bonds. The second-order valence-electron chi connectivity index (χ2n) is 29.9. The first-order chi connectivity index (χ1) is 43.2.